The number of ether oxygens (including phenoxy) is 1. The average Bonchev–Trinajstić information content (AvgIpc) is 2.51. The summed E-state index contributed by atoms with van der Waals surface area (Å²) >= 11 is 4.85. The molecule has 0 spiro atoms. The number of halogens is 1. The summed E-state index contributed by atoms with van der Waals surface area (Å²) in [4.78, 5) is 5.02. The maximum Gasteiger partial charge on any atom is 0.123 e. The number of aliphatic hydroxyl groups is 1. The van der Waals surface area contributed by atoms with Crippen molar-refractivity contribution in [3.05, 3.63) is 15.0 Å². The van der Waals surface area contributed by atoms with Crippen molar-refractivity contribution in [2.24, 2.45) is 0 Å². The van der Waals surface area contributed by atoms with Crippen LogP contribution in [0.1, 0.15) is 24.6 Å². The van der Waals surface area contributed by atoms with E-state index in [-0.39, 0.29) is 6.10 Å². The molecule has 1 aliphatic rings. The summed E-state index contributed by atoms with van der Waals surface area (Å²) < 4.78 is 6.18. The van der Waals surface area contributed by atoms with Crippen LogP contribution in [0.15, 0.2) is 10.1 Å². The summed E-state index contributed by atoms with van der Waals surface area (Å²) in [5.41, 5.74) is 0.995. The van der Waals surface area contributed by atoms with E-state index in [0.717, 1.165) is 9.48 Å². The standard InChI is InChI=1S/C9H12BrNO2S/c1-6-4-9(12,2-3-13-6)7-8(10)11-5-14-7/h5-6,12H,2-4H2,1H3. The minimum atomic E-state index is -0.752. The second kappa shape index (κ2) is 3.89. The van der Waals surface area contributed by atoms with Crippen molar-refractivity contribution in [2.45, 2.75) is 31.5 Å². The molecule has 1 fully saturated rings. The van der Waals surface area contributed by atoms with Crippen LogP contribution in [0.5, 0.6) is 0 Å². The van der Waals surface area contributed by atoms with Gasteiger partial charge in [-0.15, -0.1) is 11.3 Å². The molecule has 1 aromatic rings. The van der Waals surface area contributed by atoms with Gasteiger partial charge in [0.15, 0.2) is 0 Å². The van der Waals surface area contributed by atoms with Crippen LogP contribution in [-0.2, 0) is 10.3 Å². The molecular formula is C9H12BrNO2S. The molecule has 0 radical (unpaired) electrons. The van der Waals surface area contributed by atoms with E-state index in [1.165, 1.54) is 11.3 Å². The Morgan fingerprint density at radius 3 is 3.14 bits per heavy atom. The zero-order chi connectivity index (χ0) is 10.2. The first kappa shape index (κ1) is 10.5. The summed E-state index contributed by atoms with van der Waals surface area (Å²) in [6.45, 7) is 2.60. The Balaban J connectivity index is 2.27. The van der Waals surface area contributed by atoms with Crippen molar-refractivity contribution < 1.29 is 9.84 Å². The zero-order valence-electron chi connectivity index (χ0n) is 7.86. The van der Waals surface area contributed by atoms with Gasteiger partial charge in [0.05, 0.1) is 23.1 Å². The number of hydrogen-bond acceptors (Lipinski definition) is 4. The molecule has 0 aliphatic carbocycles. The Labute approximate surface area is 95.3 Å². The van der Waals surface area contributed by atoms with Crippen molar-refractivity contribution in [3.63, 3.8) is 0 Å². The van der Waals surface area contributed by atoms with Crippen LogP contribution in [0.3, 0.4) is 0 Å². The van der Waals surface area contributed by atoms with Gasteiger partial charge in [0.1, 0.15) is 10.2 Å². The molecule has 2 unspecified atom stereocenters. The van der Waals surface area contributed by atoms with Crippen molar-refractivity contribution in [1.82, 2.24) is 4.98 Å². The Bertz CT molecular complexity index is 330. The molecular weight excluding hydrogens is 266 g/mol. The topological polar surface area (TPSA) is 42.4 Å². The lowest BCUT2D eigenvalue weighted by molar-refractivity contribution is -0.0998. The third-order valence-corrected chi connectivity index (χ3v) is 4.37. The molecule has 78 valence electrons. The van der Waals surface area contributed by atoms with Gasteiger partial charge in [0.2, 0.25) is 0 Å². The highest BCUT2D eigenvalue weighted by Crippen LogP contribution is 2.40. The number of thiazole rings is 1. The molecule has 2 heterocycles. The van der Waals surface area contributed by atoms with Crippen LogP contribution in [0.2, 0.25) is 0 Å². The molecule has 0 amide bonds. The van der Waals surface area contributed by atoms with Gasteiger partial charge in [-0.1, -0.05) is 0 Å². The molecule has 3 nitrogen and oxygen atoms in total. The van der Waals surface area contributed by atoms with Crippen LogP contribution >= 0.6 is 27.3 Å². The Kier molecular flexibility index (Phi) is 2.93. The van der Waals surface area contributed by atoms with Crippen molar-refractivity contribution in [1.29, 1.82) is 0 Å². The van der Waals surface area contributed by atoms with Crippen LogP contribution in [0, 0.1) is 0 Å². The largest absolute Gasteiger partial charge is 0.384 e. The number of nitrogens with zero attached hydrogens (tertiary/aromatic N) is 1. The molecule has 5 heteroatoms. The van der Waals surface area contributed by atoms with Gasteiger partial charge >= 0.3 is 0 Å². The third kappa shape index (κ3) is 1.86. The first-order valence-electron chi connectivity index (χ1n) is 4.55. The van der Waals surface area contributed by atoms with Gasteiger partial charge in [0, 0.05) is 12.8 Å². The van der Waals surface area contributed by atoms with Crippen LogP contribution in [0.25, 0.3) is 0 Å². The lowest BCUT2D eigenvalue weighted by Gasteiger charge is -2.34. The van der Waals surface area contributed by atoms with E-state index < -0.39 is 5.60 Å². The Hall–Kier alpha value is 0.0300. The fourth-order valence-electron chi connectivity index (χ4n) is 1.81. The first-order valence-corrected chi connectivity index (χ1v) is 6.22. The monoisotopic (exact) mass is 277 g/mol. The van der Waals surface area contributed by atoms with E-state index in [2.05, 4.69) is 20.9 Å². The van der Waals surface area contributed by atoms with Gasteiger partial charge in [-0.3, -0.25) is 0 Å². The highest BCUT2D eigenvalue weighted by molar-refractivity contribution is 9.10. The predicted molar refractivity (Wildman–Crippen MR) is 58.4 cm³/mol. The molecule has 0 saturated carbocycles. The molecule has 1 aromatic heterocycles. The van der Waals surface area contributed by atoms with Crippen LogP contribution in [-0.4, -0.2) is 22.8 Å². The first-order chi connectivity index (χ1) is 6.62. The Morgan fingerprint density at radius 1 is 1.79 bits per heavy atom. The third-order valence-electron chi connectivity index (χ3n) is 2.49. The van der Waals surface area contributed by atoms with E-state index in [9.17, 15) is 5.11 Å². The van der Waals surface area contributed by atoms with Gasteiger partial charge in [-0.25, -0.2) is 4.98 Å². The quantitative estimate of drug-likeness (QED) is 0.857. The minimum absolute atomic E-state index is 0.114. The average molecular weight is 278 g/mol. The lowest BCUT2D eigenvalue weighted by Crippen LogP contribution is -2.37. The number of hydrogen-bond donors (Lipinski definition) is 1. The van der Waals surface area contributed by atoms with Gasteiger partial charge in [-0.05, 0) is 22.9 Å². The van der Waals surface area contributed by atoms with E-state index >= 15 is 0 Å². The Morgan fingerprint density at radius 2 is 2.57 bits per heavy atom. The van der Waals surface area contributed by atoms with E-state index in [4.69, 9.17) is 4.74 Å². The van der Waals surface area contributed by atoms with Crippen LogP contribution in [0.4, 0.5) is 0 Å². The van der Waals surface area contributed by atoms with E-state index in [1.54, 1.807) is 5.51 Å². The molecule has 0 aromatic carbocycles. The summed E-state index contributed by atoms with van der Waals surface area (Å²) in [6, 6.07) is 0. The minimum Gasteiger partial charge on any atom is -0.384 e. The molecule has 14 heavy (non-hydrogen) atoms. The molecule has 2 rings (SSSR count). The summed E-state index contributed by atoms with van der Waals surface area (Å²) in [5.74, 6) is 0. The lowest BCUT2D eigenvalue weighted by atomic mass is 9.90. The maximum absolute atomic E-state index is 10.4. The van der Waals surface area contributed by atoms with Crippen molar-refractivity contribution in [2.75, 3.05) is 6.61 Å². The SMILES string of the molecule is CC1CC(O)(c2scnc2Br)CCO1. The van der Waals surface area contributed by atoms with Crippen molar-refractivity contribution >= 4 is 27.3 Å². The van der Waals surface area contributed by atoms with E-state index in [1.807, 2.05) is 6.92 Å². The maximum atomic E-state index is 10.4. The normalized spacial score (nSPS) is 33.2. The zero-order valence-corrected chi connectivity index (χ0v) is 10.3. The highest BCUT2D eigenvalue weighted by atomic mass is 79.9. The summed E-state index contributed by atoms with van der Waals surface area (Å²) in [7, 11) is 0. The fourth-order valence-corrected chi connectivity index (χ4v) is 3.51. The molecule has 1 saturated heterocycles. The second-order valence-electron chi connectivity index (χ2n) is 3.64. The summed E-state index contributed by atoms with van der Waals surface area (Å²) in [5, 5.41) is 10.4. The molecule has 2 atom stereocenters. The second-order valence-corrected chi connectivity index (χ2v) is 5.25. The number of rotatable bonds is 1. The van der Waals surface area contributed by atoms with Crippen molar-refractivity contribution in [3.8, 4) is 0 Å². The number of aromatic nitrogens is 1. The fraction of sp³-hybridized carbons (Fsp3) is 0.667. The van der Waals surface area contributed by atoms with Gasteiger partial charge in [-0.2, -0.15) is 0 Å². The van der Waals surface area contributed by atoms with Gasteiger partial charge in [0.25, 0.3) is 0 Å². The van der Waals surface area contributed by atoms with E-state index in [0.29, 0.717) is 19.4 Å². The molecule has 1 aliphatic heterocycles. The summed E-state index contributed by atoms with van der Waals surface area (Å²) in [6.07, 6.45) is 1.41. The smallest absolute Gasteiger partial charge is 0.123 e. The highest BCUT2D eigenvalue weighted by Gasteiger charge is 2.37. The predicted octanol–water partition coefficient (Wildman–Crippen LogP) is 2.29. The van der Waals surface area contributed by atoms with Gasteiger partial charge < -0.3 is 9.84 Å². The molecule has 0 bridgehead atoms. The van der Waals surface area contributed by atoms with Crippen LogP contribution < -0.4 is 0 Å². The molecule has 1 N–H and O–H groups in total.